The Labute approximate surface area is 278 Å². The molecule has 2 aromatic heterocycles. The summed E-state index contributed by atoms with van der Waals surface area (Å²) in [5.74, 6) is 0.635. The van der Waals surface area contributed by atoms with Gasteiger partial charge in [0.05, 0.1) is 0 Å². The van der Waals surface area contributed by atoms with Gasteiger partial charge in [-0.15, -0.1) is 65.2 Å². The Bertz CT molecular complexity index is 1750. The van der Waals surface area contributed by atoms with Gasteiger partial charge in [-0.1, -0.05) is 94.1 Å². The molecule has 0 amide bonds. The predicted molar refractivity (Wildman–Crippen MR) is 181 cm³/mol. The van der Waals surface area contributed by atoms with Crippen LogP contribution in [0.1, 0.15) is 74.9 Å². The molecule has 229 valence electrons. The van der Waals surface area contributed by atoms with E-state index in [1.54, 1.807) is 0 Å². The van der Waals surface area contributed by atoms with Gasteiger partial charge in [-0.05, 0) is 78.1 Å². The first-order chi connectivity index (χ1) is 20.4. The number of rotatable bonds is 4. The molecule has 0 saturated carbocycles. The summed E-state index contributed by atoms with van der Waals surface area (Å²) in [4.78, 5) is 9.09. The first kappa shape index (κ1) is 33.5. The van der Waals surface area contributed by atoms with Crippen molar-refractivity contribution >= 4 is 0 Å². The van der Waals surface area contributed by atoms with Gasteiger partial charge in [-0.2, -0.15) is 0 Å². The van der Waals surface area contributed by atoms with Gasteiger partial charge in [0.1, 0.15) is 0 Å². The zero-order valence-corrected chi connectivity index (χ0v) is 30.0. The Balaban J connectivity index is 0.000000248. The van der Waals surface area contributed by atoms with E-state index < -0.39 is 0 Å². The standard InChI is InChI=1S/C28H32N.C13H12N.Ir/c1-18(2)14-20-12-13-29-26(16-20)21-9-11-24-23(17-21)22-10-8-19(3)15-25(22)28(6,7)27(24,4)5;1-10-8-11(2)13(14-9-10)12-6-4-3-5-7-12;/h8,10-13,15-18H,14H2,1-7H3;3-6,8-9H,1-2H3;/q2*-1;. The average Bonchev–Trinajstić information content (AvgIpc) is 2.97. The maximum Gasteiger partial charge on any atom is 0.0190 e. The van der Waals surface area contributed by atoms with Crippen molar-refractivity contribution in [1.82, 2.24) is 9.97 Å². The van der Waals surface area contributed by atoms with Crippen molar-refractivity contribution in [2.75, 3.05) is 0 Å². The van der Waals surface area contributed by atoms with Crippen molar-refractivity contribution in [2.24, 2.45) is 5.92 Å². The fraction of sp³-hybridized carbons (Fsp3) is 0.317. The van der Waals surface area contributed by atoms with E-state index in [4.69, 9.17) is 0 Å². The monoisotopic (exact) mass is 757 g/mol. The van der Waals surface area contributed by atoms with Crippen LogP contribution in [0.3, 0.4) is 0 Å². The number of fused-ring (bicyclic) bond motifs is 3. The van der Waals surface area contributed by atoms with E-state index in [0.717, 1.165) is 28.9 Å². The minimum absolute atomic E-state index is 0. The van der Waals surface area contributed by atoms with E-state index in [9.17, 15) is 0 Å². The summed E-state index contributed by atoms with van der Waals surface area (Å²) in [7, 11) is 0. The smallest absolute Gasteiger partial charge is 0.0190 e. The summed E-state index contributed by atoms with van der Waals surface area (Å²) >= 11 is 0. The van der Waals surface area contributed by atoms with Crippen LogP contribution >= 0.6 is 0 Å². The van der Waals surface area contributed by atoms with Crippen LogP contribution in [-0.4, -0.2) is 9.97 Å². The summed E-state index contributed by atoms with van der Waals surface area (Å²) < 4.78 is 0. The predicted octanol–water partition coefficient (Wildman–Crippen LogP) is 10.5. The quantitative estimate of drug-likeness (QED) is 0.171. The van der Waals surface area contributed by atoms with Gasteiger partial charge < -0.3 is 9.97 Å². The van der Waals surface area contributed by atoms with Crippen molar-refractivity contribution in [3.05, 3.63) is 131 Å². The number of pyridine rings is 2. The molecule has 2 heterocycles. The molecule has 5 aromatic rings. The SMILES string of the molecule is Cc1ccc2c(c1)C(C)(C)C(C)(C)c1c[c-]c(-c3cc(CC(C)C)ccn3)cc1-2.Cc1cnc(-c2[c-]cccc2)c(C)c1.[Ir]. The zero-order valence-electron chi connectivity index (χ0n) is 27.6. The van der Waals surface area contributed by atoms with Crippen LogP contribution in [0, 0.1) is 38.8 Å². The fourth-order valence-electron chi connectivity index (χ4n) is 6.22. The molecule has 0 fully saturated rings. The molecule has 0 saturated heterocycles. The molecule has 44 heavy (non-hydrogen) atoms. The largest absolute Gasteiger partial charge is 0.305 e. The van der Waals surface area contributed by atoms with Gasteiger partial charge in [0.15, 0.2) is 0 Å². The maximum atomic E-state index is 4.67. The minimum atomic E-state index is 0. The molecule has 0 spiro atoms. The maximum absolute atomic E-state index is 4.67. The van der Waals surface area contributed by atoms with Crippen molar-refractivity contribution in [1.29, 1.82) is 0 Å². The fourth-order valence-corrected chi connectivity index (χ4v) is 6.22. The zero-order chi connectivity index (χ0) is 30.9. The van der Waals surface area contributed by atoms with Crippen LogP contribution in [0.25, 0.3) is 33.6 Å². The van der Waals surface area contributed by atoms with Crippen LogP contribution in [0.5, 0.6) is 0 Å². The second-order valence-corrected chi connectivity index (χ2v) is 13.6. The van der Waals surface area contributed by atoms with Gasteiger partial charge in [-0.25, -0.2) is 0 Å². The Kier molecular flexibility index (Phi) is 10.1. The summed E-state index contributed by atoms with van der Waals surface area (Å²) in [5.41, 5.74) is 14.8. The topological polar surface area (TPSA) is 25.8 Å². The van der Waals surface area contributed by atoms with Gasteiger partial charge in [0, 0.05) is 32.5 Å². The number of aryl methyl sites for hydroxylation is 3. The molecule has 6 rings (SSSR count). The summed E-state index contributed by atoms with van der Waals surface area (Å²) in [5, 5.41) is 0. The van der Waals surface area contributed by atoms with Crippen molar-refractivity contribution in [3.63, 3.8) is 0 Å². The van der Waals surface area contributed by atoms with E-state index in [0.29, 0.717) is 5.92 Å². The number of aromatic nitrogens is 2. The third-order valence-electron chi connectivity index (χ3n) is 9.25. The molecular weight excluding hydrogens is 713 g/mol. The third kappa shape index (κ3) is 6.65. The second kappa shape index (κ2) is 13.3. The number of nitrogens with zero attached hydrogens (tertiary/aromatic N) is 2. The van der Waals surface area contributed by atoms with E-state index in [1.165, 1.54) is 44.5 Å². The number of hydrogen-bond donors (Lipinski definition) is 0. The molecule has 0 bridgehead atoms. The Morgan fingerprint density at radius 1 is 0.727 bits per heavy atom. The second-order valence-electron chi connectivity index (χ2n) is 13.6. The normalized spacial score (nSPS) is 14.0. The Hall–Kier alpha value is -3.39. The van der Waals surface area contributed by atoms with Gasteiger partial charge in [0.2, 0.25) is 0 Å². The van der Waals surface area contributed by atoms with Gasteiger partial charge in [-0.3, -0.25) is 0 Å². The Morgan fingerprint density at radius 2 is 1.48 bits per heavy atom. The van der Waals surface area contributed by atoms with E-state index in [-0.39, 0.29) is 30.9 Å². The third-order valence-corrected chi connectivity index (χ3v) is 9.25. The van der Waals surface area contributed by atoms with Crippen LogP contribution in [0.2, 0.25) is 0 Å². The van der Waals surface area contributed by atoms with Crippen LogP contribution in [0.4, 0.5) is 0 Å². The van der Waals surface area contributed by atoms with Crippen LogP contribution < -0.4 is 0 Å². The Morgan fingerprint density at radius 3 is 2.16 bits per heavy atom. The van der Waals surface area contributed by atoms with Crippen molar-refractivity contribution in [3.8, 4) is 33.6 Å². The molecule has 0 aliphatic heterocycles. The average molecular weight is 757 g/mol. The van der Waals surface area contributed by atoms with E-state index in [1.807, 2.05) is 36.7 Å². The molecule has 0 atom stereocenters. The molecule has 3 heteroatoms. The van der Waals surface area contributed by atoms with Crippen LogP contribution in [-0.2, 0) is 37.4 Å². The molecule has 1 radical (unpaired) electrons. The van der Waals surface area contributed by atoms with Crippen molar-refractivity contribution in [2.45, 2.75) is 79.6 Å². The van der Waals surface area contributed by atoms with Crippen LogP contribution in [0.15, 0.2) is 85.2 Å². The summed E-state index contributed by atoms with van der Waals surface area (Å²) in [6.07, 6.45) is 4.90. The van der Waals surface area contributed by atoms with E-state index in [2.05, 4.69) is 133 Å². The first-order valence-electron chi connectivity index (χ1n) is 15.4. The first-order valence-corrected chi connectivity index (χ1v) is 15.4. The number of benzene rings is 3. The molecule has 1 aliphatic rings. The summed E-state index contributed by atoms with van der Waals surface area (Å²) in [6, 6.07) is 32.6. The molecular formula is C41H44IrN2-2. The minimum Gasteiger partial charge on any atom is -0.305 e. The van der Waals surface area contributed by atoms with Gasteiger partial charge >= 0.3 is 0 Å². The summed E-state index contributed by atoms with van der Waals surface area (Å²) in [6.45, 7) is 20.3. The van der Waals surface area contributed by atoms with E-state index >= 15 is 0 Å². The number of hydrogen-bond acceptors (Lipinski definition) is 2. The molecule has 3 aromatic carbocycles. The molecule has 2 nitrogen and oxygen atoms in total. The molecule has 0 unspecified atom stereocenters. The molecule has 0 N–H and O–H groups in total. The van der Waals surface area contributed by atoms with Gasteiger partial charge in [0.25, 0.3) is 0 Å². The molecule has 1 aliphatic carbocycles. The van der Waals surface area contributed by atoms with Crippen molar-refractivity contribution < 1.29 is 20.1 Å².